The number of nitrogens with zero attached hydrogens (tertiary/aromatic N) is 2. The molecule has 0 aliphatic carbocycles. The highest BCUT2D eigenvalue weighted by Crippen LogP contribution is 2.15. The van der Waals surface area contributed by atoms with Crippen molar-refractivity contribution in [1.82, 2.24) is 9.97 Å². The number of aromatic nitrogens is 2. The average Bonchev–Trinajstić information content (AvgIpc) is 2.21. The van der Waals surface area contributed by atoms with Crippen LogP contribution in [0.15, 0.2) is 12.4 Å². The van der Waals surface area contributed by atoms with Gasteiger partial charge in [0.2, 0.25) is 10.0 Å². The molecule has 0 bridgehead atoms. The van der Waals surface area contributed by atoms with Gasteiger partial charge >= 0.3 is 0 Å². The molecule has 0 amide bonds. The monoisotopic (exact) mass is 265 g/mol. The fraction of sp³-hybridized carbons (Fsp3) is 0.500. The number of nitrogens with one attached hydrogen (secondary N) is 1. The van der Waals surface area contributed by atoms with Crippen LogP contribution in [-0.4, -0.2) is 37.9 Å². The summed E-state index contributed by atoms with van der Waals surface area (Å²) < 4.78 is 30.1. The summed E-state index contributed by atoms with van der Waals surface area (Å²) in [7, 11) is -1.93. The van der Waals surface area contributed by atoms with Gasteiger partial charge in [0.25, 0.3) is 0 Å². The molecule has 0 fully saturated rings. The zero-order chi connectivity index (χ0) is 12.0. The molecule has 8 heteroatoms. The third-order valence-corrected chi connectivity index (χ3v) is 3.27. The Morgan fingerprint density at radius 2 is 2.12 bits per heavy atom. The molecule has 0 unspecified atom stereocenters. The summed E-state index contributed by atoms with van der Waals surface area (Å²) in [5.74, 6) is -0.00474. The topological polar surface area (TPSA) is 81.2 Å². The molecule has 6 nitrogen and oxygen atoms in total. The fourth-order valence-corrected chi connectivity index (χ4v) is 2.23. The molecule has 1 rings (SSSR count). The van der Waals surface area contributed by atoms with Crippen molar-refractivity contribution < 1.29 is 13.2 Å². The number of rotatable bonds is 6. The van der Waals surface area contributed by atoms with Crippen molar-refractivity contribution in [2.45, 2.75) is 6.42 Å². The second-order valence-corrected chi connectivity index (χ2v) is 5.16. The van der Waals surface area contributed by atoms with Crippen LogP contribution in [0, 0.1) is 0 Å². The summed E-state index contributed by atoms with van der Waals surface area (Å²) in [5.41, 5.74) is 0. The maximum Gasteiger partial charge on any atom is 0.234 e. The summed E-state index contributed by atoms with van der Waals surface area (Å²) in [5, 5.41) is 0.0258. The number of hydrogen-bond donors (Lipinski definition) is 1. The van der Waals surface area contributed by atoms with Gasteiger partial charge in [0, 0.05) is 26.1 Å². The molecule has 16 heavy (non-hydrogen) atoms. The molecule has 0 saturated heterocycles. The predicted octanol–water partition coefficient (Wildman–Crippen LogP) is 0.908. The largest absolute Gasteiger partial charge is 0.385 e. The summed E-state index contributed by atoms with van der Waals surface area (Å²) in [4.78, 5) is 7.49. The number of halogens is 1. The van der Waals surface area contributed by atoms with Crippen molar-refractivity contribution >= 4 is 27.4 Å². The highest BCUT2D eigenvalue weighted by molar-refractivity contribution is 7.92. The van der Waals surface area contributed by atoms with Gasteiger partial charge in [0.05, 0.1) is 5.75 Å². The molecule has 0 atom stereocenters. The van der Waals surface area contributed by atoms with Gasteiger partial charge in [-0.25, -0.2) is 18.4 Å². The van der Waals surface area contributed by atoms with E-state index >= 15 is 0 Å². The summed E-state index contributed by atoms with van der Waals surface area (Å²) in [6.07, 6.45) is 3.15. The van der Waals surface area contributed by atoms with E-state index in [2.05, 4.69) is 14.7 Å². The van der Waals surface area contributed by atoms with Crippen LogP contribution in [0.1, 0.15) is 6.42 Å². The molecule has 1 aromatic rings. The number of sulfonamides is 1. The fourth-order valence-electron chi connectivity index (χ4n) is 0.981. The summed E-state index contributed by atoms with van der Waals surface area (Å²) in [6, 6.07) is 0. The first-order valence-corrected chi connectivity index (χ1v) is 6.54. The summed E-state index contributed by atoms with van der Waals surface area (Å²) in [6.45, 7) is 0.384. The molecule has 1 heterocycles. The quantitative estimate of drug-likeness (QED) is 0.773. The van der Waals surface area contributed by atoms with Gasteiger partial charge in [-0.05, 0) is 6.42 Å². The Hall–Kier alpha value is -0.920. The van der Waals surface area contributed by atoms with Crippen molar-refractivity contribution in [2.24, 2.45) is 0 Å². The maximum absolute atomic E-state index is 11.5. The van der Waals surface area contributed by atoms with Gasteiger partial charge in [0.1, 0.15) is 0 Å². The van der Waals surface area contributed by atoms with Gasteiger partial charge in [-0.1, -0.05) is 11.6 Å². The zero-order valence-electron chi connectivity index (χ0n) is 8.68. The highest BCUT2D eigenvalue weighted by atomic mass is 35.5. The molecule has 0 radical (unpaired) electrons. The van der Waals surface area contributed by atoms with Gasteiger partial charge in [-0.2, -0.15) is 0 Å². The predicted molar refractivity (Wildman–Crippen MR) is 60.9 cm³/mol. The van der Waals surface area contributed by atoms with Crippen molar-refractivity contribution in [2.75, 3.05) is 24.2 Å². The molecule has 1 N–H and O–H groups in total. The molecule has 90 valence electrons. The maximum atomic E-state index is 11.5. The third-order valence-electron chi connectivity index (χ3n) is 1.67. The van der Waals surface area contributed by atoms with Crippen LogP contribution in [0.3, 0.4) is 0 Å². The zero-order valence-corrected chi connectivity index (χ0v) is 10.3. The van der Waals surface area contributed by atoms with E-state index in [9.17, 15) is 8.42 Å². The van der Waals surface area contributed by atoms with E-state index in [1.54, 1.807) is 0 Å². The SMILES string of the molecule is COCCCS(=O)(=O)Nc1nccnc1Cl. The van der Waals surface area contributed by atoms with Gasteiger partial charge in [-0.3, -0.25) is 4.72 Å². The molecule has 0 aliphatic heterocycles. The molecule has 0 aromatic carbocycles. The van der Waals surface area contributed by atoms with Crippen molar-refractivity contribution in [3.63, 3.8) is 0 Å². The average molecular weight is 266 g/mol. The molecule has 0 spiro atoms. The Labute approximate surface area is 99.1 Å². The number of hydrogen-bond acceptors (Lipinski definition) is 5. The first kappa shape index (κ1) is 13.1. The highest BCUT2D eigenvalue weighted by Gasteiger charge is 2.13. The lowest BCUT2D eigenvalue weighted by Crippen LogP contribution is -2.18. The second kappa shape index (κ2) is 5.97. The number of ether oxygens (including phenoxy) is 1. The Kier molecular flexibility index (Phi) is 4.91. The smallest absolute Gasteiger partial charge is 0.234 e. The molecule has 1 aromatic heterocycles. The third kappa shape index (κ3) is 4.30. The number of anilines is 1. The first-order valence-electron chi connectivity index (χ1n) is 4.51. The van der Waals surface area contributed by atoms with Crippen molar-refractivity contribution in [3.05, 3.63) is 17.5 Å². The standard InChI is InChI=1S/C8H12ClN3O3S/c1-15-5-2-6-16(13,14)12-8-7(9)10-3-4-11-8/h3-4H,2,5-6H2,1H3,(H,11,12). The van der Waals surface area contributed by atoms with Crippen LogP contribution in [0.4, 0.5) is 5.82 Å². The number of methoxy groups -OCH3 is 1. The van der Waals surface area contributed by atoms with E-state index in [0.29, 0.717) is 13.0 Å². The summed E-state index contributed by atoms with van der Waals surface area (Å²) >= 11 is 5.67. The lowest BCUT2D eigenvalue weighted by atomic mass is 10.5. The lowest BCUT2D eigenvalue weighted by molar-refractivity contribution is 0.199. The minimum atomic E-state index is -3.45. The van der Waals surface area contributed by atoms with Crippen LogP contribution in [-0.2, 0) is 14.8 Å². The second-order valence-electron chi connectivity index (χ2n) is 2.96. The lowest BCUT2D eigenvalue weighted by Gasteiger charge is -2.07. The van der Waals surface area contributed by atoms with Crippen LogP contribution >= 0.6 is 11.6 Å². The van der Waals surface area contributed by atoms with Gasteiger partial charge in [0.15, 0.2) is 11.0 Å². The van der Waals surface area contributed by atoms with E-state index in [1.807, 2.05) is 0 Å². The van der Waals surface area contributed by atoms with Crippen LogP contribution < -0.4 is 4.72 Å². The van der Waals surface area contributed by atoms with Crippen molar-refractivity contribution in [3.8, 4) is 0 Å². The van der Waals surface area contributed by atoms with E-state index in [4.69, 9.17) is 16.3 Å². The van der Waals surface area contributed by atoms with E-state index in [1.165, 1.54) is 19.5 Å². The van der Waals surface area contributed by atoms with Crippen LogP contribution in [0.25, 0.3) is 0 Å². The normalized spacial score (nSPS) is 11.4. The molecular weight excluding hydrogens is 254 g/mol. The molecule has 0 saturated carbocycles. The minimum Gasteiger partial charge on any atom is -0.385 e. The van der Waals surface area contributed by atoms with Crippen LogP contribution in [0.5, 0.6) is 0 Å². The van der Waals surface area contributed by atoms with E-state index in [0.717, 1.165) is 0 Å². The van der Waals surface area contributed by atoms with E-state index < -0.39 is 10.0 Å². The molecule has 0 aliphatic rings. The van der Waals surface area contributed by atoms with Crippen molar-refractivity contribution in [1.29, 1.82) is 0 Å². The Morgan fingerprint density at radius 1 is 1.44 bits per heavy atom. The van der Waals surface area contributed by atoms with Gasteiger partial charge < -0.3 is 4.74 Å². The molecular formula is C8H12ClN3O3S. The van der Waals surface area contributed by atoms with Gasteiger partial charge in [-0.15, -0.1) is 0 Å². The van der Waals surface area contributed by atoms with Crippen LogP contribution in [0.2, 0.25) is 5.15 Å². The van der Waals surface area contributed by atoms with E-state index in [-0.39, 0.29) is 16.7 Å². The Balaban J connectivity index is 2.63. The Bertz CT molecular complexity index is 438. The first-order chi connectivity index (χ1) is 7.55. The minimum absolute atomic E-state index is 0.0258. The Morgan fingerprint density at radius 3 is 2.75 bits per heavy atom.